The van der Waals surface area contributed by atoms with Crippen molar-refractivity contribution in [3.8, 4) is 0 Å². The fraction of sp³-hybridized carbons (Fsp3) is 0.467. The van der Waals surface area contributed by atoms with Crippen LogP contribution in [0.5, 0.6) is 0 Å². The number of hydrogen-bond donors (Lipinski definition) is 1. The molecule has 0 atom stereocenters. The lowest BCUT2D eigenvalue weighted by Gasteiger charge is -2.25. The molecule has 0 aliphatic carbocycles. The van der Waals surface area contributed by atoms with E-state index in [4.69, 9.17) is 4.74 Å². The van der Waals surface area contributed by atoms with Gasteiger partial charge in [-0.25, -0.2) is 4.79 Å². The average molecular weight is 355 g/mol. The fourth-order valence-corrected chi connectivity index (χ4v) is 2.67. The standard InChI is InChI=1S/C15H19BrN2O3/c1-15(2,3)21-14(20)18(4)8-9-5-10(16)6-11-12(9)7-17-13(11)19/h5-6H,7-8H2,1-4H3,(H,17,19). The number of carbonyl (C=O) groups excluding carboxylic acids is 2. The average Bonchev–Trinajstić information content (AvgIpc) is 2.69. The molecule has 21 heavy (non-hydrogen) atoms. The van der Waals surface area contributed by atoms with Crippen molar-refractivity contribution in [1.29, 1.82) is 0 Å². The predicted octanol–water partition coefficient (Wildman–Crippen LogP) is 3.06. The van der Waals surface area contributed by atoms with Gasteiger partial charge in [-0.2, -0.15) is 0 Å². The molecule has 0 spiro atoms. The van der Waals surface area contributed by atoms with Crippen molar-refractivity contribution in [2.45, 2.75) is 39.5 Å². The van der Waals surface area contributed by atoms with Gasteiger partial charge in [-0.05, 0) is 44.0 Å². The summed E-state index contributed by atoms with van der Waals surface area (Å²) in [4.78, 5) is 25.3. The zero-order valence-corrected chi connectivity index (χ0v) is 14.2. The van der Waals surface area contributed by atoms with Gasteiger partial charge < -0.3 is 15.0 Å². The summed E-state index contributed by atoms with van der Waals surface area (Å²) in [6.45, 7) is 6.39. The van der Waals surface area contributed by atoms with Crippen LogP contribution in [0.3, 0.4) is 0 Å². The molecule has 1 aliphatic heterocycles. The van der Waals surface area contributed by atoms with Crippen molar-refractivity contribution in [2.24, 2.45) is 0 Å². The molecule has 0 radical (unpaired) electrons. The molecule has 1 aromatic rings. The Balaban J connectivity index is 2.19. The van der Waals surface area contributed by atoms with E-state index < -0.39 is 5.60 Å². The Morgan fingerprint density at radius 2 is 2.10 bits per heavy atom. The van der Waals surface area contributed by atoms with Crippen LogP contribution in [0.2, 0.25) is 0 Å². The van der Waals surface area contributed by atoms with E-state index in [1.807, 2.05) is 26.8 Å². The first-order valence-corrected chi connectivity index (χ1v) is 7.50. The highest BCUT2D eigenvalue weighted by Gasteiger charge is 2.25. The van der Waals surface area contributed by atoms with E-state index in [-0.39, 0.29) is 12.0 Å². The maximum absolute atomic E-state index is 12.0. The molecule has 1 N–H and O–H groups in total. The van der Waals surface area contributed by atoms with E-state index >= 15 is 0 Å². The topological polar surface area (TPSA) is 58.6 Å². The number of nitrogens with one attached hydrogen (secondary N) is 1. The lowest BCUT2D eigenvalue weighted by Crippen LogP contribution is -2.34. The van der Waals surface area contributed by atoms with Gasteiger partial charge in [-0.1, -0.05) is 15.9 Å². The van der Waals surface area contributed by atoms with Gasteiger partial charge in [0.25, 0.3) is 5.91 Å². The molecule has 0 aromatic heterocycles. The molecule has 114 valence electrons. The minimum Gasteiger partial charge on any atom is -0.444 e. The number of ether oxygens (including phenoxy) is 1. The van der Waals surface area contributed by atoms with E-state index in [1.54, 1.807) is 13.1 Å². The maximum Gasteiger partial charge on any atom is 0.410 e. The Hall–Kier alpha value is -1.56. The van der Waals surface area contributed by atoms with Crippen LogP contribution >= 0.6 is 15.9 Å². The number of benzene rings is 1. The summed E-state index contributed by atoms with van der Waals surface area (Å²) in [5, 5.41) is 2.80. The quantitative estimate of drug-likeness (QED) is 0.887. The molecule has 1 aliphatic rings. The molecule has 5 nitrogen and oxygen atoms in total. The molecular weight excluding hydrogens is 336 g/mol. The number of nitrogens with zero attached hydrogens (tertiary/aromatic N) is 1. The van der Waals surface area contributed by atoms with Crippen LogP contribution in [-0.4, -0.2) is 29.5 Å². The van der Waals surface area contributed by atoms with Crippen LogP contribution in [-0.2, 0) is 17.8 Å². The first-order chi connectivity index (χ1) is 9.67. The molecule has 0 unspecified atom stereocenters. The lowest BCUT2D eigenvalue weighted by atomic mass is 10.0. The van der Waals surface area contributed by atoms with E-state index in [0.29, 0.717) is 18.7 Å². The Labute approximate surface area is 132 Å². The number of hydrogen-bond acceptors (Lipinski definition) is 3. The normalized spacial score (nSPS) is 13.7. The van der Waals surface area contributed by atoms with Crippen molar-refractivity contribution < 1.29 is 14.3 Å². The zero-order chi connectivity index (χ0) is 15.8. The summed E-state index contributed by atoms with van der Waals surface area (Å²) < 4.78 is 6.16. The highest BCUT2D eigenvalue weighted by Crippen LogP contribution is 2.26. The van der Waals surface area contributed by atoms with Crippen molar-refractivity contribution in [2.75, 3.05) is 7.05 Å². The van der Waals surface area contributed by atoms with Gasteiger partial charge in [-0.3, -0.25) is 4.79 Å². The van der Waals surface area contributed by atoms with Crippen LogP contribution in [0.25, 0.3) is 0 Å². The summed E-state index contributed by atoms with van der Waals surface area (Å²) in [5.74, 6) is -0.0764. The third-order valence-corrected chi connectivity index (χ3v) is 3.55. The van der Waals surface area contributed by atoms with Gasteiger partial charge in [0.1, 0.15) is 5.60 Å². The first kappa shape index (κ1) is 15.8. The molecule has 1 heterocycles. The van der Waals surface area contributed by atoms with Crippen LogP contribution in [0.1, 0.15) is 42.3 Å². The lowest BCUT2D eigenvalue weighted by molar-refractivity contribution is 0.0284. The second kappa shape index (κ2) is 5.67. The Morgan fingerprint density at radius 3 is 2.71 bits per heavy atom. The third kappa shape index (κ3) is 3.75. The van der Waals surface area contributed by atoms with Crippen LogP contribution in [0, 0.1) is 0 Å². The molecule has 0 saturated heterocycles. The molecule has 0 bridgehead atoms. The van der Waals surface area contributed by atoms with Gasteiger partial charge in [0, 0.05) is 30.2 Å². The third-order valence-electron chi connectivity index (χ3n) is 3.09. The molecule has 0 fully saturated rings. The second-order valence-corrected chi connectivity index (χ2v) is 7.03. The van der Waals surface area contributed by atoms with E-state index in [0.717, 1.165) is 15.6 Å². The van der Waals surface area contributed by atoms with Crippen LogP contribution in [0.4, 0.5) is 4.79 Å². The highest BCUT2D eigenvalue weighted by molar-refractivity contribution is 9.10. The van der Waals surface area contributed by atoms with Crippen molar-refractivity contribution in [3.05, 3.63) is 33.3 Å². The molecular formula is C15H19BrN2O3. The minimum atomic E-state index is -0.526. The van der Waals surface area contributed by atoms with Gasteiger partial charge in [-0.15, -0.1) is 0 Å². The molecule has 2 amide bonds. The smallest absolute Gasteiger partial charge is 0.410 e. The van der Waals surface area contributed by atoms with Crippen LogP contribution < -0.4 is 5.32 Å². The number of rotatable bonds is 2. The second-order valence-electron chi connectivity index (χ2n) is 6.11. The molecule has 2 rings (SSSR count). The molecule has 6 heteroatoms. The predicted molar refractivity (Wildman–Crippen MR) is 83.0 cm³/mol. The summed E-state index contributed by atoms with van der Waals surface area (Å²) in [5.41, 5.74) is 2.02. The van der Waals surface area contributed by atoms with Crippen molar-refractivity contribution >= 4 is 27.9 Å². The Morgan fingerprint density at radius 1 is 1.43 bits per heavy atom. The van der Waals surface area contributed by atoms with Crippen LogP contribution in [0.15, 0.2) is 16.6 Å². The van der Waals surface area contributed by atoms with E-state index in [1.165, 1.54) is 4.90 Å². The summed E-state index contributed by atoms with van der Waals surface area (Å²) in [7, 11) is 1.69. The van der Waals surface area contributed by atoms with Gasteiger partial charge in [0.2, 0.25) is 0 Å². The largest absolute Gasteiger partial charge is 0.444 e. The van der Waals surface area contributed by atoms with Crippen molar-refractivity contribution in [1.82, 2.24) is 10.2 Å². The summed E-state index contributed by atoms with van der Waals surface area (Å²) in [6.07, 6.45) is -0.381. The maximum atomic E-state index is 12.0. The molecule has 0 saturated carbocycles. The summed E-state index contributed by atoms with van der Waals surface area (Å²) in [6, 6.07) is 3.73. The number of fused-ring (bicyclic) bond motifs is 1. The first-order valence-electron chi connectivity index (χ1n) is 6.71. The summed E-state index contributed by atoms with van der Waals surface area (Å²) >= 11 is 3.40. The number of amides is 2. The Bertz CT molecular complexity index is 593. The van der Waals surface area contributed by atoms with Crippen molar-refractivity contribution in [3.63, 3.8) is 0 Å². The van der Waals surface area contributed by atoms with Gasteiger partial charge in [0.05, 0.1) is 0 Å². The minimum absolute atomic E-state index is 0.0764. The monoisotopic (exact) mass is 354 g/mol. The van der Waals surface area contributed by atoms with E-state index in [2.05, 4.69) is 21.2 Å². The van der Waals surface area contributed by atoms with E-state index in [9.17, 15) is 9.59 Å². The number of carbonyl (C=O) groups is 2. The SMILES string of the molecule is CN(Cc1cc(Br)cc2c1CNC2=O)C(=O)OC(C)(C)C. The zero-order valence-electron chi connectivity index (χ0n) is 12.6. The van der Waals surface area contributed by atoms with Gasteiger partial charge in [0.15, 0.2) is 0 Å². The Kier molecular flexibility index (Phi) is 4.27. The molecule has 1 aromatic carbocycles. The fourth-order valence-electron chi connectivity index (χ4n) is 2.17. The highest BCUT2D eigenvalue weighted by atomic mass is 79.9. The number of halogens is 1. The van der Waals surface area contributed by atoms with Gasteiger partial charge >= 0.3 is 6.09 Å².